The minimum Gasteiger partial charge on any atom is -0.492 e. The highest BCUT2D eigenvalue weighted by atomic mass is 32.1. The predicted molar refractivity (Wildman–Crippen MR) is 97.4 cm³/mol. The molecule has 5 heteroatoms. The highest BCUT2D eigenvalue weighted by molar-refractivity contribution is 7.71. The Morgan fingerprint density at radius 2 is 1.96 bits per heavy atom. The maximum atomic E-state index is 12.6. The standard InChI is InChI=1S/C19H18N2O2S/c22-18-16-6-1-2-7-17(16)20-19(24)21(18)10-11-23-15-9-8-13-4-3-5-14(13)12-15/h1-2,6-9,12H,3-5,10-11H2,(H,20,24). The molecule has 4 nitrogen and oxygen atoms in total. The molecule has 0 saturated heterocycles. The van der Waals surface area contributed by atoms with Crippen LogP contribution in [-0.2, 0) is 19.4 Å². The van der Waals surface area contributed by atoms with Crippen molar-refractivity contribution in [3.63, 3.8) is 0 Å². The predicted octanol–water partition coefficient (Wildman–Crippen LogP) is 3.63. The van der Waals surface area contributed by atoms with Gasteiger partial charge in [-0.15, -0.1) is 0 Å². The summed E-state index contributed by atoms with van der Waals surface area (Å²) < 4.78 is 7.82. The zero-order valence-corrected chi connectivity index (χ0v) is 14.1. The second-order valence-electron chi connectivity index (χ2n) is 6.07. The van der Waals surface area contributed by atoms with E-state index in [1.165, 1.54) is 17.5 Å². The number of aromatic amines is 1. The monoisotopic (exact) mass is 338 g/mol. The van der Waals surface area contributed by atoms with Crippen molar-refractivity contribution in [1.82, 2.24) is 9.55 Å². The van der Waals surface area contributed by atoms with Crippen molar-refractivity contribution < 1.29 is 4.74 Å². The lowest BCUT2D eigenvalue weighted by Crippen LogP contribution is -2.25. The molecule has 1 aromatic heterocycles. The lowest BCUT2D eigenvalue weighted by atomic mass is 10.1. The van der Waals surface area contributed by atoms with Gasteiger partial charge in [-0.3, -0.25) is 9.36 Å². The first-order valence-corrected chi connectivity index (χ1v) is 8.60. The van der Waals surface area contributed by atoms with Crippen LogP contribution < -0.4 is 10.3 Å². The van der Waals surface area contributed by atoms with E-state index in [1.54, 1.807) is 10.6 Å². The quantitative estimate of drug-likeness (QED) is 0.739. The number of para-hydroxylation sites is 1. The Bertz CT molecular complexity index is 1020. The molecule has 2 aromatic carbocycles. The van der Waals surface area contributed by atoms with Crippen LogP contribution in [0.2, 0.25) is 0 Å². The SMILES string of the molecule is O=c1c2ccccc2[nH]c(=S)n1CCOc1ccc2c(c1)CCC2. The fourth-order valence-corrected chi connectivity index (χ4v) is 3.58. The van der Waals surface area contributed by atoms with Gasteiger partial charge in [0.25, 0.3) is 5.56 Å². The summed E-state index contributed by atoms with van der Waals surface area (Å²) in [5.74, 6) is 0.861. The molecule has 3 aromatic rings. The molecule has 4 rings (SSSR count). The molecule has 0 fully saturated rings. The van der Waals surface area contributed by atoms with Crippen LogP contribution in [0.15, 0.2) is 47.3 Å². The Hall–Kier alpha value is -2.40. The molecule has 24 heavy (non-hydrogen) atoms. The maximum absolute atomic E-state index is 12.6. The molecule has 1 aliphatic rings. The average Bonchev–Trinajstić information content (AvgIpc) is 3.05. The van der Waals surface area contributed by atoms with Crippen LogP contribution in [0.3, 0.4) is 0 Å². The molecule has 122 valence electrons. The molecule has 1 heterocycles. The molecule has 0 saturated carbocycles. The summed E-state index contributed by atoms with van der Waals surface area (Å²) in [5, 5.41) is 0.642. The van der Waals surface area contributed by atoms with Gasteiger partial charge < -0.3 is 9.72 Å². The van der Waals surface area contributed by atoms with Gasteiger partial charge in [0, 0.05) is 0 Å². The summed E-state index contributed by atoms with van der Waals surface area (Å²) in [7, 11) is 0. The summed E-state index contributed by atoms with van der Waals surface area (Å²) in [4.78, 5) is 15.7. The Balaban J connectivity index is 1.53. The van der Waals surface area contributed by atoms with Gasteiger partial charge in [0.2, 0.25) is 0 Å². The maximum Gasteiger partial charge on any atom is 0.262 e. The van der Waals surface area contributed by atoms with E-state index < -0.39 is 0 Å². The zero-order valence-electron chi connectivity index (χ0n) is 13.2. The van der Waals surface area contributed by atoms with Crippen LogP contribution in [0, 0.1) is 4.77 Å². The molecule has 0 unspecified atom stereocenters. The lowest BCUT2D eigenvalue weighted by molar-refractivity contribution is 0.295. The van der Waals surface area contributed by atoms with Gasteiger partial charge >= 0.3 is 0 Å². The molecule has 0 atom stereocenters. The number of nitrogens with one attached hydrogen (secondary N) is 1. The third-order valence-corrected chi connectivity index (χ3v) is 4.87. The van der Waals surface area contributed by atoms with E-state index in [2.05, 4.69) is 17.1 Å². The second-order valence-corrected chi connectivity index (χ2v) is 6.45. The summed E-state index contributed by atoms with van der Waals surface area (Å²) >= 11 is 5.31. The normalized spacial score (nSPS) is 13.2. The zero-order chi connectivity index (χ0) is 16.5. The molecule has 0 spiro atoms. The Morgan fingerprint density at radius 3 is 2.88 bits per heavy atom. The number of hydrogen-bond acceptors (Lipinski definition) is 3. The molecule has 1 aliphatic carbocycles. The van der Waals surface area contributed by atoms with Gasteiger partial charge in [0.15, 0.2) is 4.77 Å². The van der Waals surface area contributed by atoms with Crippen molar-refractivity contribution in [1.29, 1.82) is 0 Å². The Labute approximate surface area is 144 Å². The van der Waals surface area contributed by atoms with Crippen LogP contribution in [0.5, 0.6) is 5.75 Å². The lowest BCUT2D eigenvalue weighted by Gasteiger charge is -2.10. The number of hydrogen-bond donors (Lipinski definition) is 1. The number of nitrogens with zero attached hydrogens (tertiary/aromatic N) is 1. The highest BCUT2D eigenvalue weighted by Gasteiger charge is 2.11. The summed E-state index contributed by atoms with van der Waals surface area (Å²) in [6.45, 7) is 0.838. The van der Waals surface area contributed by atoms with E-state index in [4.69, 9.17) is 17.0 Å². The molecular weight excluding hydrogens is 320 g/mol. The summed E-state index contributed by atoms with van der Waals surface area (Å²) in [6.07, 6.45) is 3.51. The van der Waals surface area contributed by atoms with Crippen LogP contribution in [0.4, 0.5) is 0 Å². The highest BCUT2D eigenvalue weighted by Crippen LogP contribution is 2.25. The van der Waals surface area contributed by atoms with Crippen LogP contribution >= 0.6 is 12.2 Å². The van der Waals surface area contributed by atoms with Gasteiger partial charge in [-0.2, -0.15) is 0 Å². The minimum atomic E-state index is -0.0769. The number of fused-ring (bicyclic) bond motifs is 2. The van der Waals surface area contributed by atoms with Gasteiger partial charge in [-0.05, 0) is 66.9 Å². The molecule has 0 aliphatic heterocycles. The number of H-pyrrole nitrogens is 1. The van der Waals surface area contributed by atoms with E-state index in [1.807, 2.05) is 24.3 Å². The minimum absolute atomic E-state index is 0.0769. The van der Waals surface area contributed by atoms with Crippen molar-refractivity contribution in [3.05, 3.63) is 68.7 Å². The molecular formula is C19H18N2O2S. The van der Waals surface area contributed by atoms with E-state index in [-0.39, 0.29) is 5.56 Å². The van der Waals surface area contributed by atoms with Crippen LogP contribution in [-0.4, -0.2) is 16.2 Å². The number of ether oxygens (including phenoxy) is 1. The average molecular weight is 338 g/mol. The van der Waals surface area contributed by atoms with Gasteiger partial charge in [0.1, 0.15) is 12.4 Å². The summed E-state index contributed by atoms with van der Waals surface area (Å²) in [5.41, 5.74) is 3.50. The number of benzene rings is 2. The first-order valence-electron chi connectivity index (χ1n) is 8.19. The van der Waals surface area contributed by atoms with E-state index >= 15 is 0 Å². The van der Waals surface area contributed by atoms with Gasteiger partial charge in [0.05, 0.1) is 17.4 Å². The molecule has 0 radical (unpaired) electrons. The van der Waals surface area contributed by atoms with E-state index in [0.717, 1.165) is 24.1 Å². The van der Waals surface area contributed by atoms with E-state index in [9.17, 15) is 4.79 Å². The fourth-order valence-electron chi connectivity index (χ4n) is 3.29. The number of aryl methyl sites for hydroxylation is 2. The third kappa shape index (κ3) is 2.76. The van der Waals surface area contributed by atoms with Crippen molar-refractivity contribution in [2.24, 2.45) is 0 Å². The largest absolute Gasteiger partial charge is 0.492 e. The molecule has 1 N–H and O–H groups in total. The van der Waals surface area contributed by atoms with Crippen molar-refractivity contribution >= 4 is 23.1 Å². The molecule has 0 bridgehead atoms. The van der Waals surface area contributed by atoms with Gasteiger partial charge in [-0.1, -0.05) is 18.2 Å². The molecule has 0 amide bonds. The third-order valence-electron chi connectivity index (χ3n) is 4.54. The van der Waals surface area contributed by atoms with Crippen molar-refractivity contribution in [2.75, 3.05) is 6.61 Å². The topological polar surface area (TPSA) is 47.0 Å². The van der Waals surface area contributed by atoms with Crippen LogP contribution in [0.1, 0.15) is 17.5 Å². The fraction of sp³-hybridized carbons (Fsp3) is 0.263. The second kappa shape index (κ2) is 6.24. The number of aromatic nitrogens is 2. The van der Waals surface area contributed by atoms with Gasteiger partial charge in [-0.25, -0.2) is 0 Å². The first kappa shape index (κ1) is 15.1. The Kier molecular flexibility index (Phi) is 3.94. The van der Waals surface area contributed by atoms with Crippen LogP contribution in [0.25, 0.3) is 10.9 Å². The number of rotatable bonds is 4. The summed E-state index contributed by atoms with van der Waals surface area (Å²) in [6, 6.07) is 13.7. The van der Waals surface area contributed by atoms with Crippen molar-refractivity contribution in [3.8, 4) is 5.75 Å². The van der Waals surface area contributed by atoms with Crippen molar-refractivity contribution in [2.45, 2.75) is 25.8 Å². The van der Waals surface area contributed by atoms with E-state index in [0.29, 0.717) is 23.3 Å². The smallest absolute Gasteiger partial charge is 0.262 e. The first-order chi connectivity index (χ1) is 11.7. The Morgan fingerprint density at radius 1 is 1.12 bits per heavy atom.